The molecule has 1 saturated heterocycles. The van der Waals surface area contributed by atoms with Crippen LogP contribution in [0.25, 0.3) is 0 Å². The molecule has 0 radical (unpaired) electrons. The Morgan fingerprint density at radius 2 is 2.20 bits per heavy atom. The van der Waals surface area contributed by atoms with E-state index in [0.29, 0.717) is 0 Å². The third-order valence-electron chi connectivity index (χ3n) is 2.61. The second-order valence-corrected chi connectivity index (χ2v) is 3.79. The van der Waals surface area contributed by atoms with E-state index in [1.807, 2.05) is 0 Å². The van der Waals surface area contributed by atoms with E-state index in [9.17, 15) is 4.79 Å². The van der Waals surface area contributed by atoms with Gasteiger partial charge in [0.25, 0.3) is 0 Å². The van der Waals surface area contributed by atoms with Gasteiger partial charge in [-0.1, -0.05) is 0 Å². The molecule has 0 atom stereocenters. The van der Waals surface area contributed by atoms with Gasteiger partial charge in [0.1, 0.15) is 6.10 Å². The summed E-state index contributed by atoms with van der Waals surface area (Å²) in [5.74, 6) is 2.63. The van der Waals surface area contributed by atoms with Crippen LogP contribution in [0.1, 0.15) is 25.7 Å². The first-order chi connectivity index (χ1) is 7.22. The molecule has 1 fully saturated rings. The van der Waals surface area contributed by atoms with Crippen molar-refractivity contribution in [3.63, 3.8) is 0 Å². The van der Waals surface area contributed by atoms with Gasteiger partial charge in [0.05, 0.1) is 0 Å². The zero-order valence-corrected chi connectivity index (χ0v) is 8.95. The fourth-order valence-electron chi connectivity index (χ4n) is 1.82. The average molecular weight is 210 g/mol. The second kappa shape index (κ2) is 6.31. The second-order valence-electron chi connectivity index (χ2n) is 3.79. The number of nitrogens with zero attached hydrogens (tertiary/aromatic N) is 1. The maximum absolute atomic E-state index is 10.5. The first kappa shape index (κ1) is 11.9. The van der Waals surface area contributed by atoms with Crippen LogP contribution in [0.15, 0.2) is 0 Å². The maximum Gasteiger partial charge on any atom is 0.404 e. The maximum atomic E-state index is 10.5. The number of likely N-dealkylation sites (tertiary alicyclic amines) is 1. The predicted molar refractivity (Wildman–Crippen MR) is 58.2 cm³/mol. The van der Waals surface area contributed by atoms with E-state index >= 15 is 0 Å². The topological polar surface area (TPSA) is 55.6 Å². The van der Waals surface area contributed by atoms with Gasteiger partial charge < -0.3 is 15.4 Å². The van der Waals surface area contributed by atoms with E-state index < -0.39 is 6.09 Å². The number of rotatable bonds is 4. The number of terminal acetylenes is 1. The van der Waals surface area contributed by atoms with Crippen molar-refractivity contribution in [2.75, 3.05) is 19.6 Å². The highest BCUT2D eigenvalue weighted by molar-refractivity contribution is 5.64. The molecule has 4 heteroatoms. The number of carbonyl (C=O) groups excluding carboxylic acids is 1. The molecule has 0 unspecified atom stereocenters. The van der Waals surface area contributed by atoms with Crippen LogP contribution < -0.4 is 5.73 Å². The van der Waals surface area contributed by atoms with Crippen LogP contribution in [0.2, 0.25) is 0 Å². The zero-order chi connectivity index (χ0) is 11.1. The van der Waals surface area contributed by atoms with Gasteiger partial charge in [-0.3, -0.25) is 0 Å². The Morgan fingerprint density at radius 3 is 2.73 bits per heavy atom. The van der Waals surface area contributed by atoms with Crippen LogP contribution in [-0.2, 0) is 4.74 Å². The number of carbonyl (C=O) groups is 1. The fraction of sp³-hybridized carbons (Fsp3) is 0.727. The van der Waals surface area contributed by atoms with Gasteiger partial charge in [-0.05, 0) is 25.8 Å². The minimum atomic E-state index is -0.666. The van der Waals surface area contributed by atoms with Crippen molar-refractivity contribution in [1.29, 1.82) is 0 Å². The average Bonchev–Trinajstić information content (AvgIpc) is 2.20. The number of ether oxygens (including phenoxy) is 1. The van der Waals surface area contributed by atoms with E-state index in [1.54, 1.807) is 0 Å². The molecule has 0 aliphatic carbocycles. The largest absolute Gasteiger partial charge is 0.446 e. The number of hydrogen-bond acceptors (Lipinski definition) is 3. The summed E-state index contributed by atoms with van der Waals surface area (Å²) in [5, 5.41) is 0. The summed E-state index contributed by atoms with van der Waals surface area (Å²) < 4.78 is 4.94. The Labute approximate surface area is 90.8 Å². The number of unbranched alkanes of at least 4 members (excludes halogenated alkanes) is 1. The summed E-state index contributed by atoms with van der Waals surface area (Å²) in [6, 6.07) is 0. The van der Waals surface area contributed by atoms with E-state index in [4.69, 9.17) is 16.9 Å². The van der Waals surface area contributed by atoms with Crippen molar-refractivity contribution in [3.8, 4) is 12.3 Å². The third kappa shape index (κ3) is 4.71. The number of nitrogens with two attached hydrogens (primary N) is 1. The normalized spacial score (nSPS) is 18.3. The number of amides is 1. The Hall–Kier alpha value is -1.21. The standard InChI is InChI=1S/C11H18N2O2/c1-2-3-4-7-13-8-5-10(6-9-13)15-11(12)14/h1,10H,3-9H2,(H2,12,14). The first-order valence-corrected chi connectivity index (χ1v) is 5.34. The lowest BCUT2D eigenvalue weighted by Gasteiger charge is -2.30. The highest BCUT2D eigenvalue weighted by Crippen LogP contribution is 2.13. The van der Waals surface area contributed by atoms with Crippen LogP contribution in [-0.4, -0.2) is 36.7 Å². The smallest absolute Gasteiger partial charge is 0.404 e. The molecule has 4 nitrogen and oxygen atoms in total. The summed E-state index contributed by atoms with van der Waals surface area (Å²) >= 11 is 0. The van der Waals surface area contributed by atoms with Crippen molar-refractivity contribution in [1.82, 2.24) is 4.90 Å². The molecule has 84 valence electrons. The molecule has 2 N–H and O–H groups in total. The minimum absolute atomic E-state index is 0.00591. The van der Waals surface area contributed by atoms with Crippen molar-refractivity contribution in [2.24, 2.45) is 5.73 Å². The van der Waals surface area contributed by atoms with E-state index in [1.165, 1.54) is 0 Å². The summed E-state index contributed by atoms with van der Waals surface area (Å²) in [4.78, 5) is 12.9. The Bertz CT molecular complexity index is 239. The van der Waals surface area contributed by atoms with E-state index in [0.717, 1.165) is 45.3 Å². The molecule has 0 aromatic rings. The Balaban J connectivity index is 2.13. The number of hydrogen-bond donors (Lipinski definition) is 1. The van der Waals surface area contributed by atoms with Gasteiger partial charge in [-0.2, -0.15) is 0 Å². The molecular weight excluding hydrogens is 192 g/mol. The molecule has 0 saturated carbocycles. The summed E-state index contributed by atoms with van der Waals surface area (Å²) in [7, 11) is 0. The SMILES string of the molecule is C#CCCCN1CCC(OC(N)=O)CC1. The number of piperidine rings is 1. The van der Waals surface area contributed by atoms with Gasteiger partial charge >= 0.3 is 6.09 Å². The molecule has 1 heterocycles. The molecule has 0 spiro atoms. The lowest BCUT2D eigenvalue weighted by atomic mass is 10.1. The van der Waals surface area contributed by atoms with E-state index in [2.05, 4.69) is 10.8 Å². The van der Waals surface area contributed by atoms with Crippen LogP contribution >= 0.6 is 0 Å². The van der Waals surface area contributed by atoms with Crippen molar-refractivity contribution in [2.45, 2.75) is 31.8 Å². The van der Waals surface area contributed by atoms with Gasteiger partial charge in [-0.25, -0.2) is 4.79 Å². The molecule has 0 aromatic carbocycles. The van der Waals surface area contributed by atoms with Gasteiger partial charge in [0, 0.05) is 19.5 Å². The van der Waals surface area contributed by atoms with Crippen molar-refractivity contribution in [3.05, 3.63) is 0 Å². The van der Waals surface area contributed by atoms with Crippen molar-refractivity contribution >= 4 is 6.09 Å². The third-order valence-corrected chi connectivity index (χ3v) is 2.61. The minimum Gasteiger partial charge on any atom is -0.446 e. The lowest BCUT2D eigenvalue weighted by molar-refractivity contribution is 0.0561. The molecule has 15 heavy (non-hydrogen) atoms. The van der Waals surface area contributed by atoms with Gasteiger partial charge in [-0.15, -0.1) is 12.3 Å². The predicted octanol–water partition coefficient (Wildman–Crippen LogP) is 0.960. The lowest BCUT2D eigenvalue weighted by Crippen LogP contribution is -2.39. The quantitative estimate of drug-likeness (QED) is 0.555. The van der Waals surface area contributed by atoms with Gasteiger partial charge in [0.15, 0.2) is 0 Å². The molecule has 1 amide bonds. The molecule has 0 bridgehead atoms. The monoisotopic (exact) mass is 210 g/mol. The van der Waals surface area contributed by atoms with Crippen LogP contribution in [0.4, 0.5) is 4.79 Å². The molecular formula is C11H18N2O2. The number of primary amides is 1. The molecule has 1 aliphatic heterocycles. The van der Waals surface area contributed by atoms with Gasteiger partial charge in [0.2, 0.25) is 0 Å². The van der Waals surface area contributed by atoms with Crippen LogP contribution in [0.3, 0.4) is 0 Å². The first-order valence-electron chi connectivity index (χ1n) is 5.34. The van der Waals surface area contributed by atoms with Crippen LogP contribution in [0, 0.1) is 12.3 Å². The Kier molecular flexibility index (Phi) is 4.99. The molecule has 0 aromatic heterocycles. The highest BCUT2D eigenvalue weighted by Gasteiger charge is 2.20. The molecule has 1 rings (SSSR count). The fourth-order valence-corrected chi connectivity index (χ4v) is 1.82. The highest BCUT2D eigenvalue weighted by atomic mass is 16.6. The zero-order valence-electron chi connectivity index (χ0n) is 8.95. The summed E-state index contributed by atoms with van der Waals surface area (Å²) in [6.45, 7) is 2.96. The summed E-state index contributed by atoms with van der Waals surface area (Å²) in [5.41, 5.74) is 4.96. The Morgan fingerprint density at radius 1 is 1.53 bits per heavy atom. The summed E-state index contributed by atoms with van der Waals surface area (Å²) in [6.07, 6.45) is 8.14. The van der Waals surface area contributed by atoms with Crippen molar-refractivity contribution < 1.29 is 9.53 Å². The van der Waals surface area contributed by atoms with E-state index in [-0.39, 0.29) is 6.10 Å². The van der Waals surface area contributed by atoms with Crippen LogP contribution in [0.5, 0.6) is 0 Å². The molecule has 1 aliphatic rings.